The van der Waals surface area contributed by atoms with E-state index in [0.717, 1.165) is 6.29 Å². The van der Waals surface area contributed by atoms with Crippen LogP contribution >= 0.6 is 0 Å². The van der Waals surface area contributed by atoms with Crippen LogP contribution in [0.15, 0.2) is 0 Å². The van der Waals surface area contributed by atoms with Gasteiger partial charge >= 0.3 is 0 Å². The molecule has 0 aliphatic rings. The Balaban J connectivity index is 3.30. The molecule has 0 aliphatic heterocycles. The number of aldehydes is 1. The zero-order valence-corrected chi connectivity index (χ0v) is 5.72. The SMILES string of the molecule is CC(CC=O)N(C)C. The summed E-state index contributed by atoms with van der Waals surface area (Å²) in [5, 5.41) is 0. The lowest BCUT2D eigenvalue weighted by Crippen LogP contribution is -2.24. The molecule has 0 aromatic rings. The summed E-state index contributed by atoms with van der Waals surface area (Å²) in [5.74, 6) is 0. The summed E-state index contributed by atoms with van der Waals surface area (Å²) in [6, 6.07) is 0.382. The van der Waals surface area contributed by atoms with Gasteiger partial charge in [-0.05, 0) is 21.0 Å². The molecule has 0 bridgehead atoms. The molecule has 0 rings (SSSR count). The van der Waals surface area contributed by atoms with E-state index in [1.54, 1.807) is 0 Å². The quantitative estimate of drug-likeness (QED) is 0.500. The minimum atomic E-state index is 0.382. The van der Waals surface area contributed by atoms with Gasteiger partial charge in [-0.15, -0.1) is 0 Å². The van der Waals surface area contributed by atoms with Crippen molar-refractivity contribution in [2.75, 3.05) is 14.1 Å². The molecule has 0 heterocycles. The fraction of sp³-hybridized carbons (Fsp3) is 0.833. The zero-order valence-electron chi connectivity index (χ0n) is 5.72. The highest BCUT2D eigenvalue weighted by atomic mass is 16.1. The first-order valence-corrected chi connectivity index (χ1v) is 2.78. The maximum absolute atomic E-state index is 9.89. The van der Waals surface area contributed by atoms with E-state index in [2.05, 4.69) is 0 Å². The van der Waals surface area contributed by atoms with Gasteiger partial charge in [0.1, 0.15) is 6.29 Å². The van der Waals surface area contributed by atoms with Gasteiger partial charge in [0, 0.05) is 12.5 Å². The van der Waals surface area contributed by atoms with E-state index >= 15 is 0 Å². The maximum atomic E-state index is 9.89. The van der Waals surface area contributed by atoms with E-state index < -0.39 is 0 Å². The average Bonchev–Trinajstić information content (AvgIpc) is 1.67. The Hall–Kier alpha value is -0.370. The first-order chi connectivity index (χ1) is 3.68. The highest BCUT2D eigenvalue weighted by Gasteiger charge is 2.00. The summed E-state index contributed by atoms with van der Waals surface area (Å²) in [4.78, 5) is 11.9. The summed E-state index contributed by atoms with van der Waals surface area (Å²) in [7, 11) is 3.93. The van der Waals surface area contributed by atoms with Crippen LogP contribution in [0, 0.1) is 0 Å². The predicted molar refractivity (Wildman–Crippen MR) is 33.8 cm³/mol. The normalized spacial score (nSPS) is 14.0. The van der Waals surface area contributed by atoms with E-state index in [1.807, 2.05) is 25.9 Å². The molecule has 0 N–H and O–H groups in total. The van der Waals surface area contributed by atoms with Gasteiger partial charge < -0.3 is 9.69 Å². The predicted octanol–water partition coefficient (Wildman–Crippen LogP) is 0.526. The second kappa shape index (κ2) is 3.61. The van der Waals surface area contributed by atoms with Gasteiger partial charge in [-0.2, -0.15) is 0 Å². The average molecular weight is 115 g/mol. The summed E-state index contributed by atoms with van der Waals surface area (Å²) in [6.07, 6.45) is 1.58. The van der Waals surface area contributed by atoms with Crippen molar-refractivity contribution in [1.29, 1.82) is 0 Å². The molecule has 0 aromatic carbocycles. The van der Waals surface area contributed by atoms with Gasteiger partial charge in [-0.3, -0.25) is 0 Å². The van der Waals surface area contributed by atoms with Gasteiger partial charge in [-0.1, -0.05) is 0 Å². The van der Waals surface area contributed by atoms with Crippen molar-refractivity contribution in [3.05, 3.63) is 0 Å². The van der Waals surface area contributed by atoms with E-state index in [0.29, 0.717) is 12.5 Å². The van der Waals surface area contributed by atoms with Gasteiger partial charge in [0.05, 0.1) is 0 Å². The van der Waals surface area contributed by atoms with E-state index in [9.17, 15) is 4.79 Å². The zero-order chi connectivity index (χ0) is 6.57. The third-order valence-electron chi connectivity index (χ3n) is 1.32. The highest BCUT2D eigenvalue weighted by Crippen LogP contribution is 1.92. The number of nitrogens with zero attached hydrogens (tertiary/aromatic N) is 1. The van der Waals surface area contributed by atoms with Crippen LogP contribution in [0.1, 0.15) is 13.3 Å². The minimum absolute atomic E-state index is 0.382. The maximum Gasteiger partial charge on any atom is 0.121 e. The summed E-state index contributed by atoms with van der Waals surface area (Å²) in [5.41, 5.74) is 0. The number of carbonyl (C=O) groups is 1. The fourth-order valence-electron chi connectivity index (χ4n) is 0.350. The monoisotopic (exact) mass is 115 g/mol. The molecule has 0 saturated heterocycles. The van der Waals surface area contributed by atoms with Gasteiger partial charge in [0.15, 0.2) is 0 Å². The second-order valence-electron chi connectivity index (χ2n) is 2.22. The van der Waals surface area contributed by atoms with Crippen molar-refractivity contribution in [1.82, 2.24) is 4.90 Å². The van der Waals surface area contributed by atoms with E-state index in [4.69, 9.17) is 0 Å². The fourth-order valence-corrected chi connectivity index (χ4v) is 0.350. The minimum Gasteiger partial charge on any atom is -0.306 e. The van der Waals surface area contributed by atoms with Crippen molar-refractivity contribution >= 4 is 6.29 Å². The van der Waals surface area contributed by atoms with Crippen LogP contribution in [-0.4, -0.2) is 31.3 Å². The van der Waals surface area contributed by atoms with Crippen LogP contribution in [0.2, 0.25) is 0 Å². The Morgan fingerprint density at radius 1 is 1.62 bits per heavy atom. The van der Waals surface area contributed by atoms with Crippen molar-refractivity contribution in [3.8, 4) is 0 Å². The molecule has 0 spiro atoms. The smallest absolute Gasteiger partial charge is 0.121 e. The van der Waals surface area contributed by atoms with Crippen molar-refractivity contribution in [3.63, 3.8) is 0 Å². The van der Waals surface area contributed by atoms with Crippen LogP contribution in [0.5, 0.6) is 0 Å². The van der Waals surface area contributed by atoms with E-state index in [1.165, 1.54) is 0 Å². The number of hydrogen-bond acceptors (Lipinski definition) is 2. The van der Waals surface area contributed by atoms with Gasteiger partial charge in [-0.25, -0.2) is 0 Å². The van der Waals surface area contributed by atoms with Crippen LogP contribution in [-0.2, 0) is 4.79 Å². The number of rotatable bonds is 3. The lowest BCUT2D eigenvalue weighted by Gasteiger charge is -2.15. The molecule has 48 valence electrons. The Labute approximate surface area is 50.5 Å². The number of carbonyl (C=O) groups excluding carboxylic acids is 1. The van der Waals surface area contributed by atoms with Crippen LogP contribution < -0.4 is 0 Å². The standard InChI is InChI=1S/C6H13NO/c1-6(4-5-8)7(2)3/h5-6H,4H2,1-3H3. The number of hydrogen-bond donors (Lipinski definition) is 0. The summed E-state index contributed by atoms with van der Waals surface area (Å²) >= 11 is 0. The molecule has 0 saturated carbocycles. The third kappa shape index (κ3) is 2.75. The Morgan fingerprint density at radius 3 is 2.25 bits per heavy atom. The lowest BCUT2D eigenvalue weighted by molar-refractivity contribution is -0.108. The molecule has 2 heteroatoms. The molecule has 0 radical (unpaired) electrons. The highest BCUT2D eigenvalue weighted by molar-refractivity contribution is 5.50. The topological polar surface area (TPSA) is 20.3 Å². The van der Waals surface area contributed by atoms with E-state index in [-0.39, 0.29) is 0 Å². The molecule has 2 nitrogen and oxygen atoms in total. The third-order valence-corrected chi connectivity index (χ3v) is 1.32. The largest absolute Gasteiger partial charge is 0.306 e. The van der Waals surface area contributed by atoms with Crippen molar-refractivity contribution in [2.45, 2.75) is 19.4 Å². The Morgan fingerprint density at radius 2 is 2.12 bits per heavy atom. The first-order valence-electron chi connectivity index (χ1n) is 2.78. The first kappa shape index (κ1) is 7.63. The molecule has 8 heavy (non-hydrogen) atoms. The Bertz CT molecular complexity index is 70.9. The molecule has 0 aromatic heterocycles. The van der Waals surface area contributed by atoms with Crippen LogP contribution in [0.4, 0.5) is 0 Å². The summed E-state index contributed by atoms with van der Waals surface area (Å²) < 4.78 is 0. The van der Waals surface area contributed by atoms with Crippen molar-refractivity contribution < 1.29 is 4.79 Å². The molecule has 1 atom stereocenters. The molecule has 0 fully saturated rings. The molecular weight excluding hydrogens is 102 g/mol. The molecule has 0 aliphatic carbocycles. The van der Waals surface area contributed by atoms with Gasteiger partial charge in [0.2, 0.25) is 0 Å². The molecule has 1 unspecified atom stereocenters. The summed E-state index contributed by atoms with van der Waals surface area (Å²) in [6.45, 7) is 2.02. The van der Waals surface area contributed by atoms with Crippen molar-refractivity contribution in [2.24, 2.45) is 0 Å². The van der Waals surface area contributed by atoms with Gasteiger partial charge in [0.25, 0.3) is 0 Å². The van der Waals surface area contributed by atoms with Crippen LogP contribution in [0.25, 0.3) is 0 Å². The lowest BCUT2D eigenvalue weighted by atomic mass is 10.2. The molecule has 0 amide bonds. The van der Waals surface area contributed by atoms with Crippen LogP contribution in [0.3, 0.4) is 0 Å². The second-order valence-corrected chi connectivity index (χ2v) is 2.22. The molecular formula is C6H13NO. The Kier molecular flexibility index (Phi) is 3.44.